The molecule has 0 bridgehead atoms. The second kappa shape index (κ2) is 5.83. The molecule has 0 saturated heterocycles. The largest absolute Gasteiger partial charge is 0.409 e. The quantitative estimate of drug-likeness (QED) is 0.348. The Morgan fingerprint density at radius 3 is 2.62 bits per heavy atom. The maximum Gasteiger partial charge on any atom is 0.233 e. The molecular formula is C16H19N3O2. The number of hydrogen-bond acceptors (Lipinski definition) is 3. The van der Waals surface area contributed by atoms with Gasteiger partial charge in [-0.05, 0) is 30.2 Å². The zero-order chi connectivity index (χ0) is 15.5. The average molecular weight is 285 g/mol. The summed E-state index contributed by atoms with van der Waals surface area (Å²) in [6.45, 7) is 3.61. The van der Waals surface area contributed by atoms with Crippen molar-refractivity contribution in [2.45, 2.75) is 20.4 Å². The Hall–Kier alpha value is -2.56. The van der Waals surface area contributed by atoms with Gasteiger partial charge in [0.25, 0.3) is 0 Å². The van der Waals surface area contributed by atoms with Crippen molar-refractivity contribution in [2.24, 2.45) is 16.3 Å². The summed E-state index contributed by atoms with van der Waals surface area (Å²) < 4.78 is 0. The van der Waals surface area contributed by atoms with Gasteiger partial charge in [-0.2, -0.15) is 0 Å². The van der Waals surface area contributed by atoms with Gasteiger partial charge < -0.3 is 16.3 Å². The van der Waals surface area contributed by atoms with Crippen LogP contribution in [0.2, 0.25) is 0 Å². The van der Waals surface area contributed by atoms with Gasteiger partial charge in [0, 0.05) is 6.54 Å². The Kier molecular flexibility index (Phi) is 4.12. The van der Waals surface area contributed by atoms with Crippen LogP contribution in [0.4, 0.5) is 0 Å². The number of nitrogens with two attached hydrogens (primary N) is 1. The third-order valence-corrected chi connectivity index (χ3v) is 3.64. The number of benzene rings is 2. The summed E-state index contributed by atoms with van der Waals surface area (Å²) >= 11 is 0. The topological polar surface area (TPSA) is 87.7 Å². The number of fused-ring (bicyclic) bond motifs is 1. The molecule has 0 radical (unpaired) electrons. The maximum absolute atomic E-state index is 12.2. The van der Waals surface area contributed by atoms with Crippen LogP contribution in [0.1, 0.15) is 19.4 Å². The molecule has 0 saturated carbocycles. The first kappa shape index (κ1) is 14.8. The summed E-state index contributed by atoms with van der Waals surface area (Å²) in [4.78, 5) is 12.2. The van der Waals surface area contributed by atoms with Gasteiger partial charge in [0.2, 0.25) is 5.91 Å². The van der Waals surface area contributed by atoms with Gasteiger partial charge in [-0.15, -0.1) is 0 Å². The van der Waals surface area contributed by atoms with Crippen LogP contribution >= 0.6 is 0 Å². The second-order valence-corrected chi connectivity index (χ2v) is 5.43. The highest BCUT2D eigenvalue weighted by Gasteiger charge is 2.32. The number of nitrogens with zero attached hydrogens (tertiary/aromatic N) is 1. The molecule has 1 amide bonds. The Bertz CT molecular complexity index is 687. The van der Waals surface area contributed by atoms with E-state index in [1.807, 2.05) is 42.5 Å². The van der Waals surface area contributed by atoms with Gasteiger partial charge in [0.15, 0.2) is 5.84 Å². The molecule has 2 rings (SSSR count). The van der Waals surface area contributed by atoms with E-state index in [1.54, 1.807) is 13.8 Å². The first-order chi connectivity index (χ1) is 9.96. The number of carbonyl (C=O) groups excluding carboxylic acids is 1. The van der Waals surface area contributed by atoms with E-state index in [0.717, 1.165) is 16.3 Å². The molecule has 0 aliphatic carbocycles. The zero-order valence-corrected chi connectivity index (χ0v) is 12.1. The van der Waals surface area contributed by atoms with Crippen molar-refractivity contribution in [3.8, 4) is 0 Å². The number of amides is 1. The molecule has 110 valence electrons. The fraction of sp³-hybridized carbons (Fsp3) is 0.250. The molecule has 5 nitrogen and oxygen atoms in total. The van der Waals surface area contributed by atoms with E-state index < -0.39 is 5.41 Å². The van der Waals surface area contributed by atoms with Crippen LogP contribution in [0.3, 0.4) is 0 Å². The number of amidine groups is 1. The van der Waals surface area contributed by atoms with E-state index in [0.29, 0.717) is 6.54 Å². The molecule has 0 unspecified atom stereocenters. The maximum atomic E-state index is 12.2. The lowest BCUT2D eigenvalue weighted by Crippen LogP contribution is -2.45. The number of carbonyl (C=O) groups is 1. The van der Waals surface area contributed by atoms with Crippen molar-refractivity contribution in [3.63, 3.8) is 0 Å². The van der Waals surface area contributed by atoms with E-state index in [4.69, 9.17) is 10.9 Å². The van der Waals surface area contributed by atoms with Crippen LogP contribution < -0.4 is 11.1 Å². The Labute approximate surface area is 123 Å². The molecule has 5 heteroatoms. The van der Waals surface area contributed by atoms with Crippen LogP contribution in [-0.4, -0.2) is 17.0 Å². The molecule has 0 aliphatic rings. The third-order valence-electron chi connectivity index (χ3n) is 3.64. The van der Waals surface area contributed by atoms with Crippen molar-refractivity contribution in [1.29, 1.82) is 0 Å². The van der Waals surface area contributed by atoms with Gasteiger partial charge in [-0.1, -0.05) is 47.6 Å². The standard InChI is InChI=1S/C16H19N3O2/c1-16(2,14(17)19-21)15(20)18-10-12-8-5-7-11-6-3-4-9-13(11)12/h3-9,21H,10H2,1-2H3,(H2,17,19)(H,18,20). The van der Waals surface area contributed by atoms with E-state index in [1.165, 1.54) is 0 Å². The number of hydrogen-bond donors (Lipinski definition) is 3. The minimum absolute atomic E-state index is 0.113. The summed E-state index contributed by atoms with van der Waals surface area (Å²) in [5, 5.41) is 16.7. The van der Waals surface area contributed by atoms with Crippen LogP contribution in [0.25, 0.3) is 10.8 Å². The highest BCUT2D eigenvalue weighted by atomic mass is 16.4. The molecule has 0 aromatic heterocycles. The molecule has 2 aromatic rings. The van der Waals surface area contributed by atoms with Crippen LogP contribution in [0.5, 0.6) is 0 Å². The summed E-state index contributed by atoms with van der Waals surface area (Å²) in [5.41, 5.74) is 5.52. The SMILES string of the molecule is CC(C)(C(=O)NCc1cccc2ccccc12)C(N)=NO. The lowest BCUT2D eigenvalue weighted by molar-refractivity contribution is -0.126. The molecule has 0 spiro atoms. The summed E-state index contributed by atoms with van der Waals surface area (Å²) in [6.07, 6.45) is 0. The van der Waals surface area contributed by atoms with Gasteiger partial charge in [0.1, 0.15) is 5.41 Å². The smallest absolute Gasteiger partial charge is 0.233 e. The van der Waals surface area contributed by atoms with Gasteiger partial charge in [-0.25, -0.2) is 0 Å². The minimum atomic E-state index is -1.06. The molecule has 2 aromatic carbocycles. The zero-order valence-electron chi connectivity index (χ0n) is 12.1. The van der Waals surface area contributed by atoms with E-state index in [2.05, 4.69) is 10.5 Å². The van der Waals surface area contributed by atoms with Crippen molar-refractivity contribution >= 4 is 22.5 Å². The van der Waals surface area contributed by atoms with Crippen LogP contribution in [0.15, 0.2) is 47.6 Å². The molecule has 0 heterocycles. The van der Waals surface area contributed by atoms with Crippen molar-refractivity contribution in [3.05, 3.63) is 48.0 Å². The van der Waals surface area contributed by atoms with E-state index in [9.17, 15) is 4.79 Å². The number of oxime groups is 1. The molecule has 21 heavy (non-hydrogen) atoms. The Morgan fingerprint density at radius 1 is 1.24 bits per heavy atom. The molecule has 4 N–H and O–H groups in total. The van der Waals surface area contributed by atoms with Crippen molar-refractivity contribution < 1.29 is 10.0 Å². The molecule has 0 aliphatic heterocycles. The van der Waals surface area contributed by atoms with Crippen molar-refractivity contribution in [2.75, 3.05) is 0 Å². The molecular weight excluding hydrogens is 266 g/mol. The van der Waals surface area contributed by atoms with E-state index >= 15 is 0 Å². The van der Waals surface area contributed by atoms with Gasteiger partial charge in [-0.3, -0.25) is 4.79 Å². The fourth-order valence-electron chi connectivity index (χ4n) is 2.08. The second-order valence-electron chi connectivity index (χ2n) is 5.43. The average Bonchev–Trinajstić information content (AvgIpc) is 2.51. The minimum Gasteiger partial charge on any atom is -0.409 e. The highest BCUT2D eigenvalue weighted by molar-refractivity contribution is 6.05. The number of nitrogens with one attached hydrogen (secondary N) is 1. The normalized spacial score (nSPS) is 12.4. The summed E-state index contributed by atoms with van der Waals surface area (Å²) in [7, 11) is 0. The lowest BCUT2D eigenvalue weighted by atomic mass is 9.91. The lowest BCUT2D eigenvalue weighted by Gasteiger charge is -2.22. The summed E-state index contributed by atoms with van der Waals surface area (Å²) in [5.74, 6) is -0.399. The Balaban J connectivity index is 2.17. The molecule has 0 fully saturated rings. The Morgan fingerprint density at radius 2 is 1.90 bits per heavy atom. The van der Waals surface area contributed by atoms with Crippen molar-refractivity contribution in [1.82, 2.24) is 5.32 Å². The predicted molar refractivity (Wildman–Crippen MR) is 83.0 cm³/mol. The number of rotatable bonds is 4. The third kappa shape index (κ3) is 2.97. The van der Waals surface area contributed by atoms with Gasteiger partial charge >= 0.3 is 0 Å². The van der Waals surface area contributed by atoms with Crippen LogP contribution in [0, 0.1) is 5.41 Å². The monoisotopic (exact) mass is 285 g/mol. The van der Waals surface area contributed by atoms with Gasteiger partial charge in [0.05, 0.1) is 0 Å². The van der Waals surface area contributed by atoms with E-state index in [-0.39, 0.29) is 11.7 Å². The van der Waals surface area contributed by atoms with Crippen LogP contribution in [-0.2, 0) is 11.3 Å². The first-order valence-corrected chi connectivity index (χ1v) is 6.69. The predicted octanol–water partition coefficient (Wildman–Crippen LogP) is 2.23. The summed E-state index contributed by atoms with van der Waals surface area (Å²) in [6, 6.07) is 13.9. The fourth-order valence-corrected chi connectivity index (χ4v) is 2.08. The first-order valence-electron chi connectivity index (χ1n) is 6.69. The highest BCUT2D eigenvalue weighted by Crippen LogP contribution is 2.19. The molecule has 0 atom stereocenters.